The van der Waals surface area contributed by atoms with Gasteiger partial charge in [0.2, 0.25) is 0 Å². The Hall–Kier alpha value is -2.69. The molecular formula is C18H17N3O3S. The number of nitrogens with zero attached hydrogens (tertiary/aromatic N) is 3. The molecule has 0 N–H and O–H groups in total. The molecule has 7 heteroatoms. The van der Waals surface area contributed by atoms with Gasteiger partial charge < -0.3 is 9.64 Å². The summed E-state index contributed by atoms with van der Waals surface area (Å²) in [5.41, 5.74) is 1.01. The van der Waals surface area contributed by atoms with E-state index in [1.165, 1.54) is 18.2 Å². The highest BCUT2D eigenvalue weighted by Crippen LogP contribution is 2.17. The van der Waals surface area contributed by atoms with E-state index in [2.05, 4.69) is 4.40 Å². The van der Waals surface area contributed by atoms with Crippen molar-refractivity contribution in [3.8, 4) is 6.07 Å². The molecule has 0 saturated carbocycles. The molecule has 2 aromatic rings. The summed E-state index contributed by atoms with van der Waals surface area (Å²) in [6, 6.07) is 17.0. The fourth-order valence-electron chi connectivity index (χ4n) is 2.55. The average Bonchev–Trinajstić information content (AvgIpc) is 2.67. The number of hydrogen-bond donors (Lipinski definition) is 0. The maximum Gasteiger partial charge on any atom is 0.284 e. The minimum atomic E-state index is -3.94. The van der Waals surface area contributed by atoms with Crippen molar-refractivity contribution in [1.29, 1.82) is 5.26 Å². The van der Waals surface area contributed by atoms with Crippen molar-refractivity contribution in [3.05, 3.63) is 65.7 Å². The van der Waals surface area contributed by atoms with Crippen molar-refractivity contribution < 1.29 is 13.2 Å². The lowest BCUT2D eigenvalue weighted by atomic mass is 10.2. The molecule has 0 radical (unpaired) electrons. The van der Waals surface area contributed by atoms with Crippen LogP contribution in [-0.2, 0) is 14.8 Å². The first-order valence-electron chi connectivity index (χ1n) is 7.83. The van der Waals surface area contributed by atoms with Crippen LogP contribution in [0, 0.1) is 11.3 Å². The van der Waals surface area contributed by atoms with E-state index >= 15 is 0 Å². The van der Waals surface area contributed by atoms with E-state index < -0.39 is 10.0 Å². The molecule has 128 valence electrons. The third-order valence-corrected chi connectivity index (χ3v) is 5.07. The van der Waals surface area contributed by atoms with Crippen LogP contribution in [-0.4, -0.2) is 45.5 Å². The molecule has 0 aliphatic carbocycles. The largest absolute Gasteiger partial charge is 0.378 e. The first kappa shape index (κ1) is 17.1. The Bertz CT molecular complexity index is 912. The molecule has 1 fully saturated rings. The number of amidine groups is 1. The molecule has 3 rings (SSSR count). The van der Waals surface area contributed by atoms with Crippen LogP contribution in [0.2, 0.25) is 0 Å². The smallest absolute Gasteiger partial charge is 0.284 e. The molecule has 1 heterocycles. The van der Waals surface area contributed by atoms with Crippen molar-refractivity contribution >= 4 is 15.9 Å². The second-order valence-electron chi connectivity index (χ2n) is 5.50. The highest BCUT2D eigenvalue weighted by Gasteiger charge is 2.21. The van der Waals surface area contributed by atoms with E-state index in [1.54, 1.807) is 6.07 Å². The lowest BCUT2D eigenvalue weighted by Gasteiger charge is -2.29. The summed E-state index contributed by atoms with van der Waals surface area (Å²) in [5.74, 6) is 0.395. The van der Waals surface area contributed by atoms with Crippen LogP contribution in [0.1, 0.15) is 11.1 Å². The van der Waals surface area contributed by atoms with Gasteiger partial charge in [-0.25, -0.2) is 0 Å². The van der Waals surface area contributed by atoms with Gasteiger partial charge in [0.25, 0.3) is 10.0 Å². The lowest BCUT2D eigenvalue weighted by molar-refractivity contribution is 0.0683. The zero-order valence-corrected chi connectivity index (χ0v) is 14.3. The van der Waals surface area contributed by atoms with Crippen molar-refractivity contribution in [2.45, 2.75) is 4.90 Å². The zero-order chi connectivity index (χ0) is 17.7. The van der Waals surface area contributed by atoms with Crippen molar-refractivity contribution in [2.75, 3.05) is 26.3 Å². The fourth-order valence-corrected chi connectivity index (χ4v) is 3.63. The molecule has 1 aliphatic rings. The van der Waals surface area contributed by atoms with Crippen molar-refractivity contribution in [3.63, 3.8) is 0 Å². The summed E-state index contributed by atoms with van der Waals surface area (Å²) in [6.45, 7) is 2.19. The van der Waals surface area contributed by atoms with E-state index in [0.29, 0.717) is 32.1 Å². The first-order chi connectivity index (χ1) is 12.1. The Morgan fingerprint density at radius 1 is 1.08 bits per heavy atom. The molecular weight excluding hydrogens is 338 g/mol. The topological polar surface area (TPSA) is 82.8 Å². The third kappa shape index (κ3) is 4.05. The van der Waals surface area contributed by atoms with Gasteiger partial charge in [0.1, 0.15) is 5.84 Å². The monoisotopic (exact) mass is 355 g/mol. The molecule has 0 bridgehead atoms. The maximum absolute atomic E-state index is 12.8. The molecule has 25 heavy (non-hydrogen) atoms. The molecule has 0 atom stereocenters. The summed E-state index contributed by atoms with van der Waals surface area (Å²) < 4.78 is 35.0. The average molecular weight is 355 g/mol. The van der Waals surface area contributed by atoms with Crippen LogP contribution in [0.15, 0.2) is 63.9 Å². The number of rotatable bonds is 3. The Balaban J connectivity index is 2.06. The number of nitriles is 1. The molecule has 0 aromatic heterocycles. The Kier molecular flexibility index (Phi) is 5.12. The quantitative estimate of drug-likeness (QED) is 0.621. The van der Waals surface area contributed by atoms with Gasteiger partial charge in [0.05, 0.1) is 29.7 Å². The SMILES string of the molecule is N#Cc1cccc(S(=O)(=O)/N=C(\c2ccccc2)N2CCOCC2)c1. The van der Waals surface area contributed by atoms with Gasteiger partial charge in [-0.15, -0.1) is 4.40 Å². The van der Waals surface area contributed by atoms with Gasteiger partial charge in [-0.3, -0.25) is 0 Å². The van der Waals surface area contributed by atoms with Crippen LogP contribution in [0.25, 0.3) is 0 Å². The zero-order valence-electron chi connectivity index (χ0n) is 13.5. The Morgan fingerprint density at radius 3 is 2.48 bits per heavy atom. The van der Waals surface area contributed by atoms with Crippen LogP contribution in [0.5, 0.6) is 0 Å². The second-order valence-corrected chi connectivity index (χ2v) is 7.10. The number of benzene rings is 2. The molecule has 6 nitrogen and oxygen atoms in total. The third-order valence-electron chi connectivity index (χ3n) is 3.81. The van der Waals surface area contributed by atoms with Gasteiger partial charge >= 0.3 is 0 Å². The lowest BCUT2D eigenvalue weighted by Crippen LogP contribution is -2.41. The highest BCUT2D eigenvalue weighted by molar-refractivity contribution is 7.90. The van der Waals surface area contributed by atoms with E-state index in [1.807, 2.05) is 41.3 Å². The first-order valence-corrected chi connectivity index (χ1v) is 9.27. The van der Waals surface area contributed by atoms with E-state index in [9.17, 15) is 8.42 Å². The standard InChI is InChI=1S/C18H17N3O3S/c19-14-15-5-4-8-17(13-15)25(22,23)20-18(16-6-2-1-3-7-16)21-9-11-24-12-10-21/h1-8,13H,9-12H2/b20-18+. The van der Waals surface area contributed by atoms with Crippen molar-refractivity contribution in [2.24, 2.45) is 4.40 Å². The summed E-state index contributed by atoms with van der Waals surface area (Å²) >= 11 is 0. The van der Waals surface area contributed by atoms with E-state index in [4.69, 9.17) is 10.00 Å². The van der Waals surface area contributed by atoms with Crippen LogP contribution < -0.4 is 0 Å². The Morgan fingerprint density at radius 2 is 1.80 bits per heavy atom. The normalized spacial score (nSPS) is 15.6. The number of sulfonamides is 1. The predicted molar refractivity (Wildman–Crippen MR) is 93.7 cm³/mol. The second kappa shape index (κ2) is 7.47. The summed E-state index contributed by atoms with van der Waals surface area (Å²) in [5, 5.41) is 8.99. The van der Waals surface area contributed by atoms with Crippen molar-refractivity contribution in [1.82, 2.24) is 4.90 Å². The summed E-state index contributed by atoms with van der Waals surface area (Å²) in [7, 11) is -3.94. The molecule has 0 amide bonds. The molecule has 0 spiro atoms. The molecule has 2 aromatic carbocycles. The van der Waals surface area contributed by atoms with Gasteiger partial charge in [0, 0.05) is 18.7 Å². The van der Waals surface area contributed by atoms with Crippen LogP contribution >= 0.6 is 0 Å². The van der Waals surface area contributed by atoms with E-state index in [0.717, 1.165) is 5.56 Å². The number of hydrogen-bond acceptors (Lipinski definition) is 4. The van der Waals surface area contributed by atoms with Crippen LogP contribution in [0.4, 0.5) is 0 Å². The highest BCUT2D eigenvalue weighted by atomic mass is 32.2. The van der Waals surface area contributed by atoms with Gasteiger partial charge in [0.15, 0.2) is 0 Å². The number of morpholine rings is 1. The molecule has 0 unspecified atom stereocenters. The minimum Gasteiger partial charge on any atom is -0.378 e. The number of ether oxygens (including phenoxy) is 1. The molecule has 1 aliphatic heterocycles. The molecule has 1 saturated heterocycles. The fraction of sp³-hybridized carbons (Fsp3) is 0.222. The predicted octanol–water partition coefficient (Wildman–Crippen LogP) is 2.03. The maximum atomic E-state index is 12.8. The summed E-state index contributed by atoms with van der Waals surface area (Å²) in [4.78, 5) is 1.91. The minimum absolute atomic E-state index is 0.00763. The van der Waals surface area contributed by atoms with Gasteiger partial charge in [-0.05, 0) is 18.2 Å². The van der Waals surface area contributed by atoms with E-state index in [-0.39, 0.29) is 10.5 Å². The van der Waals surface area contributed by atoms with Crippen LogP contribution in [0.3, 0.4) is 0 Å². The van der Waals surface area contributed by atoms with Gasteiger partial charge in [-0.1, -0.05) is 36.4 Å². The summed E-state index contributed by atoms with van der Waals surface area (Å²) in [6.07, 6.45) is 0. The Labute approximate surface area is 147 Å². The van der Waals surface area contributed by atoms with Gasteiger partial charge in [-0.2, -0.15) is 13.7 Å².